The number of hydrogen-bond acceptors (Lipinski definition) is 5. The normalized spacial score (nSPS) is 10.6. The van der Waals surface area contributed by atoms with Crippen molar-refractivity contribution in [2.75, 3.05) is 5.75 Å². The molecule has 0 amide bonds. The van der Waals surface area contributed by atoms with Crippen LogP contribution in [0.25, 0.3) is 0 Å². The molecule has 0 aliphatic heterocycles. The number of nitrogens with zero attached hydrogens (tertiary/aromatic N) is 3. The molecule has 2 rings (SSSR count). The molecule has 0 aliphatic carbocycles. The molecule has 0 fully saturated rings. The van der Waals surface area contributed by atoms with Gasteiger partial charge in [0.25, 0.3) is 0 Å². The van der Waals surface area contributed by atoms with Crippen LogP contribution >= 0.6 is 11.8 Å². The van der Waals surface area contributed by atoms with E-state index in [9.17, 15) is 9.90 Å². The molecule has 0 N–H and O–H groups in total. The fourth-order valence-electron chi connectivity index (χ4n) is 1.78. The van der Waals surface area contributed by atoms with Crippen molar-refractivity contribution in [3.63, 3.8) is 0 Å². The molecule has 0 atom stereocenters. The Morgan fingerprint density at radius 2 is 2.05 bits per heavy atom. The quantitative estimate of drug-likeness (QED) is 0.727. The number of aliphatic carboxylic acids is 1. The molecule has 0 bridgehead atoms. The summed E-state index contributed by atoms with van der Waals surface area (Å²) in [4.78, 5) is 10.5. The van der Waals surface area contributed by atoms with Gasteiger partial charge in [0.05, 0.1) is 5.97 Å². The average Bonchev–Trinajstić information content (AvgIpc) is 2.79. The number of aromatic nitrogens is 3. The highest BCUT2D eigenvalue weighted by molar-refractivity contribution is 7.99. The number of benzene rings is 1. The second-order valence-electron chi connectivity index (χ2n) is 3.97. The maximum atomic E-state index is 10.5. The van der Waals surface area contributed by atoms with Crippen molar-refractivity contribution in [3.05, 3.63) is 41.7 Å². The minimum atomic E-state index is -1.10. The van der Waals surface area contributed by atoms with Crippen LogP contribution in [0.4, 0.5) is 0 Å². The third-order valence-electron chi connectivity index (χ3n) is 2.63. The molecule has 0 saturated carbocycles. The molecule has 0 spiro atoms. The third-order valence-corrected chi connectivity index (χ3v) is 3.57. The minimum Gasteiger partial charge on any atom is -0.549 e. The average molecular weight is 276 g/mol. The molecule has 5 nitrogen and oxygen atoms in total. The van der Waals surface area contributed by atoms with Gasteiger partial charge in [0.1, 0.15) is 5.82 Å². The molecule has 1 heterocycles. The van der Waals surface area contributed by atoms with Crippen LogP contribution in [0.5, 0.6) is 0 Å². The van der Waals surface area contributed by atoms with Gasteiger partial charge in [-0.2, -0.15) is 0 Å². The maximum Gasteiger partial charge on any atom is 0.191 e. The van der Waals surface area contributed by atoms with Crippen LogP contribution in [-0.2, 0) is 17.8 Å². The lowest BCUT2D eigenvalue weighted by molar-refractivity contribution is -0.301. The minimum absolute atomic E-state index is 0.108. The molecule has 0 saturated heterocycles. The van der Waals surface area contributed by atoms with E-state index in [0.29, 0.717) is 18.1 Å². The molecular weight excluding hydrogens is 262 g/mol. The highest BCUT2D eigenvalue weighted by Crippen LogP contribution is 2.18. The zero-order valence-corrected chi connectivity index (χ0v) is 11.4. The van der Waals surface area contributed by atoms with Gasteiger partial charge in [-0.25, -0.2) is 0 Å². The third kappa shape index (κ3) is 3.57. The van der Waals surface area contributed by atoms with E-state index in [1.165, 1.54) is 0 Å². The van der Waals surface area contributed by atoms with Crippen molar-refractivity contribution < 1.29 is 9.90 Å². The van der Waals surface area contributed by atoms with E-state index in [-0.39, 0.29) is 5.75 Å². The summed E-state index contributed by atoms with van der Waals surface area (Å²) in [6, 6.07) is 9.99. The van der Waals surface area contributed by atoms with E-state index in [1.54, 1.807) is 0 Å². The van der Waals surface area contributed by atoms with Gasteiger partial charge in [-0.15, -0.1) is 10.2 Å². The van der Waals surface area contributed by atoms with Crippen LogP contribution in [0.1, 0.15) is 18.3 Å². The first-order chi connectivity index (χ1) is 9.20. The lowest BCUT2D eigenvalue weighted by Gasteiger charge is -2.07. The molecule has 2 aromatic rings. The second kappa shape index (κ2) is 6.38. The van der Waals surface area contributed by atoms with Crippen LogP contribution in [0.3, 0.4) is 0 Å². The van der Waals surface area contributed by atoms with E-state index in [0.717, 1.165) is 23.1 Å². The van der Waals surface area contributed by atoms with E-state index >= 15 is 0 Å². The highest BCUT2D eigenvalue weighted by Gasteiger charge is 2.11. The van der Waals surface area contributed by atoms with Gasteiger partial charge < -0.3 is 14.5 Å². The fraction of sp³-hybridized carbons (Fsp3) is 0.308. The molecule has 19 heavy (non-hydrogen) atoms. The van der Waals surface area contributed by atoms with Gasteiger partial charge in [0, 0.05) is 18.7 Å². The molecule has 0 aliphatic rings. The van der Waals surface area contributed by atoms with Gasteiger partial charge in [0.15, 0.2) is 5.16 Å². The lowest BCUT2D eigenvalue weighted by Crippen LogP contribution is -2.24. The maximum absolute atomic E-state index is 10.5. The number of rotatable bonds is 6. The Morgan fingerprint density at radius 3 is 2.68 bits per heavy atom. The van der Waals surface area contributed by atoms with Gasteiger partial charge in [-0.05, 0) is 12.5 Å². The van der Waals surface area contributed by atoms with E-state index < -0.39 is 5.97 Å². The van der Waals surface area contributed by atoms with Crippen molar-refractivity contribution in [1.29, 1.82) is 0 Å². The molecule has 6 heteroatoms. The Hall–Kier alpha value is -1.82. The smallest absolute Gasteiger partial charge is 0.191 e. The van der Waals surface area contributed by atoms with Crippen molar-refractivity contribution in [2.24, 2.45) is 0 Å². The Kier molecular flexibility index (Phi) is 4.57. The topological polar surface area (TPSA) is 70.8 Å². The standard InChI is InChI=1S/C13H15N3O2S/c1-2-16-11(8-10-6-4-3-5-7-10)14-15-13(16)19-9-12(17)18/h3-7H,2,8-9H2,1H3,(H,17,18)/p-1. The molecule has 0 radical (unpaired) electrons. The van der Waals surface area contributed by atoms with Crippen LogP contribution in [0.2, 0.25) is 0 Å². The number of carbonyl (C=O) groups is 1. The molecule has 1 aromatic carbocycles. The monoisotopic (exact) mass is 276 g/mol. The fourth-order valence-corrected chi connectivity index (χ4v) is 2.51. The summed E-state index contributed by atoms with van der Waals surface area (Å²) in [5, 5.41) is 19.3. The Labute approximate surface area is 115 Å². The van der Waals surface area contributed by atoms with E-state index in [1.807, 2.05) is 41.8 Å². The van der Waals surface area contributed by atoms with Crippen molar-refractivity contribution >= 4 is 17.7 Å². The second-order valence-corrected chi connectivity index (χ2v) is 4.91. The Bertz CT molecular complexity index is 554. The SMILES string of the molecule is CCn1c(Cc2ccccc2)nnc1SCC(=O)[O-]. The highest BCUT2D eigenvalue weighted by atomic mass is 32.2. The van der Waals surface area contributed by atoms with Gasteiger partial charge in [-0.3, -0.25) is 0 Å². The summed E-state index contributed by atoms with van der Waals surface area (Å²) in [5.74, 6) is -0.362. The molecular formula is C13H14N3O2S-. The molecule has 100 valence electrons. The number of thioether (sulfide) groups is 1. The summed E-state index contributed by atoms with van der Waals surface area (Å²) in [5.41, 5.74) is 1.15. The predicted octanol–water partition coefficient (Wildman–Crippen LogP) is 0.731. The first-order valence-corrected chi connectivity index (χ1v) is 6.98. The number of hydrogen-bond donors (Lipinski definition) is 0. The first-order valence-electron chi connectivity index (χ1n) is 5.99. The summed E-state index contributed by atoms with van der Waals surface area (Å²) in [7, 11) is 0. The zero-order chi connectivity index (χ0) is 13.7. The number of carboxylic acids is 1. The van der Waals surface area contributed by atoms with Crippen LogP contribution < -0.4 is 5.11 Å². The summed E-state index contributed by atoms with van der Waals surface area (Å²) in [6.45, 7) is 2.70. The van der Waals surface area contributed by atoms with Crippen molar-refractivity contribution in [3.8, 4) is 0 Å². The lowest BCUT2D eigenvalue weighted by atomic mass is 10.1. The van der Waals surface area contributed by atoms with Crippen molar-refractivity contribution in [2.45, 2.75) is 25.0 Å². The number of carboxylic acid groups (broad SMARTS) is 1. The van der Waals surface area contributed by atoms with Gasteiger partial charge >= 0.3 is 0 Å². The summed E-state index contributed by atoms with van der Waals surface area (Å²) < 4.78 is 1.93. The van der Waals surface area contributed by atoms with Gasteiger partial charge in [-0.1, -0.05) is 42.1 Å². The number of carbonyl (C=O) groups excluding carboxylic acids is 1. The predicted molar refractivity (Wildman–Crippen MR) is 70.7 cm³/mol. The Balaban J connectivity index is 2.15. The largest absolute Gasteiger partial charge is 0.549 e. The van der Waals surface area contributed by atoms with E-state index in [2.05, 4.69) is 10.2 Å². The Morgan fingerprint density at radius 1 is 1.32 bits per heavy atom. The van der Waals surface area contributed by atoms with Crippen LogP contribution in [0, 0.1) is 0 Å². The first kappa shape index (κ1) is 13.6. The van der Waals surface area contributed by atoms with E-state index in [4.69, 9.17) is 0 Å². The summed E-state index contributed by atoms with van der Waals surface area (Å²) >= 11 is 1.14. The zero-order valence-electron chi connectivity index (χ0n) is 10.6. The van der Waals surface area contributed by atoms with Crippen LogP contribution in [-0.4, -0.2) is 26.5 Å². The molecule has 1 aromatic heterocycles. The molecule has 0 unspecified atom stereocenters. The van der Waals surface area contributed by atoms with Crippen LogP contribution in [0.15, 0.2) is 35.5 Å². The summed E-state index contributed by atoms with van der Waals surface area (Å²) in [6.07, 6.45) is 0.688. The van der Waals surface area contributed by atoms with Crippen molar-refractivity contribution in [1.82, 2.24) is 14.8 Å². The van der Waals surface area contributed by atoms with Gasteiger partial charge in [0.2, 0.25) is 0 Å².